The standard InChI is InChI=1S/C7H8S2/c1-5-2-3-6(8)7(9)4-5/h2-4,8-9H,1H3/p+2. The molecule has 0 saturated heterocycles. The first-order valence-corrected chi connectivity index (χ1v) is 3.74. The van der Waals surface area contributed by atoms with Gasteiger partial charge in [-0.3, -0.25) is 0 Å². The molecule has 0 nitrogen and oxygen atoms in total. The topological polar surface area (TPSA) is 0 Å². The number of hydrogen-bond acceptors (Lipinski definition) is 0. The van der Waals surface area contributed by atoms with E-state index in [4.69, 9.17) is 0 Å². The quantitative estimate of drug-likeness (QED) is 0.488. The molecule has 0 aliphatic heterocycles. The Labute approximate surface area is 66.1 Å². The molecule has 0 aliphatic carbocycles. The van der Waals surface area contributed by atoms with Crippen LogP contribution in [0.2, 0.25) is 0 Å². The first-order valence-electron chi connectivity index (χ1n) is 2.74. The van der Waals surface area contributed by atoms with Crippen molar-refractivity contribution in [3.05, 3.63) is 23.8 Å². The lowest BCUT2D eigenvalue weighted by atomic mass is 10.2. The molecule has 0 aromatic heterocycles. The lowest BCUT2D eigenvalue weighted by Gasteiger charge is -1.87. The minimum absolute atomic E-state index is 1.09. The molecule has 0 aliphatic rings. The summed E-state index contributed by atoms with van der Waals surface area (Å²) < 4.78 is 0. The third-order valence-electron chi connectivity index (χ3n) is 1.18. The second-order valence-electron chi connectivity index (χ2n) is 2.05. The van der Waals surface area contributed by atoms with E-state index in [-0.39, 0.29) is 0 Å². The molecule has 2 heteroatoms. The highest BCUT2D eigenvalue weighted by molar-refractivity contribution is 7.62. The van der Waals surface area contributed by atoms with E-state index in [2.05, 4.69) is 44.3 Å². The van der Waals surface area contributed by atoms with Gasteiger partial charge in [0.1, 0.15) is 0 Å². The third kappa shape index (κ3) is 1.66. The monoisotopic (exact) mass is 158 g/mol. The number of hydrogen-bond donors (Lipinski definition) is 0. The molecule has 9 heavy (non-hydrogen) atoms. The molecular weight excluding hydrogens is 148 g/mol. The van der Waals surface area contributed by atoms with Gasteiger partial charge < -0.3 is 0 Å². The van der Waals surface area contributed by atoms with Crippen LogP contribution in [0, 0.1) is 6.92 Å². The maximum atomic E-state index is 3.45. The normalized spacial score (nSPS) is 9.67. The van der Waals surface area contributed by atoms with Gasteiger partial charge in [0, 0.05) is 6.07 Å². The van der Waals surface area contributed by atoms with Crippen molar-refractivity contribution in [3.8, 4) is 0 Å². The van der Waals surface area contributed by atoms with Crippen molar-refractivity contribution in [2.45, 2.75) is 16.7 Å². The summed E-state index contributed by atoms with van der Waals surface area (Å²) in [5, 5.41) is 0. The Morgan fingerprint density at radius 3 is 2.22 bits per heavy atom. The summed E-state index contributed by atoms with van der Waals surface area (Å²) in [6.45, 7) is 2.06. The molecule has 0 radical (unpaired) electrons. The van der Waals surface area contributed by atoms with Gasteiger partial charge >= 0.3 is 0 Å². The van der Waals surface area contributed by atoms with Gasteiger partial charge in [0.2, 0.25) is 9.79 Å². The first-order chi connectivity index (χ1) is 4.20. The van der Waals surface area contributed by atoms with E-state index in [0.717, 1.165) is 9.79 Å². The van der Waals surface area contributed by atoms with Crippen molar-refractivity contribution in [1.82, 2.24) is 0 Å². The molecular formula is C7H10S2+2. The van der Waals surface area contributed by atoms with Crippen molar-refractivity contribution in [3.63, 3.8) is 0 Å². The van der Waals surface area contributed by atoms with Crippen molar-refractivity contribution in [1.29, 1.82) is 0 Å². The molecule has 0 N–H and O–H groups in total. The Bertz CT molecular complexity index is 218. The smallest absolute Gasteiger partial charge is 0.0540 e. The average molecular weight is 158 g/mol. The minimum atomic E-state index is 1.09. The molecule has 1 aromatic carbocycles. The Kier molecular flexibility index (Phi) is 2.09. The van der Waals surface area contributed by atoms with E-state index in [1.54, 1.807) is 0 Å². The van der Waals surface area contributed by atoms with Crippen LogP contribution in [-0.4, -0.2) is 0 Å². The summed E-state index contributed by atoms with van der Waals surface area (Å²) in [6, 6.07) is 6.15. The lowest BCUT2D eigenvalue weighted by molar-refractivity contribution is 1.22. The van der Waals surface area contributed by atoms with Gasteiger partial charge in [-0.25, -0.2) is 0 Å². The molecule has 0 saturated carbocycles. The first kappa shape index (κ1) is 7.03. The van der Waals surface area contributed by atoms with Gasteiger partial charge in [0.15, 0.2) is 0 Å². The summed E-state index contributed by atoms with van der Waals surface area (Å²) in [5.41, 5.74) is 1.27. The molecule has 0 amide bonds. The Balaban J connectivity index is 3.17. The van der Waals surface area contributed by atoms with Crippen LogP contribution in [0.25, 0.3) is 0 Å². The lowest BCUT2D eigenvalue weighted by Crippen LogP contribution is -1.78. The van der Waals surface area contributed by atoms with Crippen LogP contribution in [0.3, 0.4) is 0 Å². The van der Waals surface area contributed by atoms with E-state index >= 15 is 0 Å². The summed E-state index contributed by atoms with van der Waals surface area (Å²) >= 11 is 6.87. The summed E-state index contributed by atoms with van der Waals surface area (Å²) in [7, 11) is 0. The Hall–Kier alpha value is -0.0800. The maximum absolute atomic E-state index is 3.45. The van der Waals surface area contributed by atoms with E-state index in [1.165, 1.54) is 5.56 Å². The zero-order valence-electron chi connectivity index (χ0n) is 5.23. The number of benzene rings is 1. The van der Waals surface area contributed by atoms with Gasteiger partial charge in [-0.2, -0.15) is 0 Å². The summed E-state index contributed by atoms with van der Waals surface area (Å²) in [5.74, 6) is 0. The molecule has 0 fully saturated rings. The fourth-order valence-corrected chi connectivity index (χ4v) is 1.12. The van der Waals surface area contributed by atoms with Crippen molar-refractivity contribution >= 4 is 25.3 Å². The van der Waals surface area contributed by atoms with Crippen LogP contribution in [0.15, 0.2) is 28.0 Å². The van der Waals surface area contributed by atoms with E-state index in [1.807, 2.05) is 6.07 Å². The van der Waals surface area contributed by atoms with Gasteiger partial charge in [-0.15, -0.1) is 0 Å². The van der Waals surface area contributed by atoms with Crippen molar-refractivity contribution < 1.29 is 0 Å². The maximum Gasteiger partial charge on any atom is 0.205 e. The molecule has 0 unspecified atom stereocenters. The highest BCUT2D eigenvalue weighted by atomic mass is 32.1. The van der Waals surface area contributed by atoms with Gasteiger partial charge in [-0.1, -0.05) is 6.07 Å². The predicted molar refractivity (Wildman–Crippen MR) is 48.0 cm³/mol. The molecule has 48 valence electrons. The Morgan fingerprint density at radius 2 is 1.78 bits per heavy atom. The SMILES string of the molecule is Cc1ccc([SH2+])c([SH2+])c1. The van der Waals surface area contributed by atoms with Gasteiger partial charge in [0.25, 0.3) is 0 Å². The highest BCUT2D eigenvalue weighted by Gasteiger charge is 2.02. The van der Waals surface area contributed by atoms with Gasteiger partial charge in [-0.05, 0) is 43.8 Å². The summed E-state index contributed by atoms with van der Waals surface area (Å²) in [4.78, 5) is 2.20. The van der Waals surface area contributed by atoms with Crippen molar-refractivity contribution in [2.24, 2.45) is 0 Å². The van der Waals surface area contributed by atoms with Crippen LogP contribution in [0.1, 0.15) is 5.56 Å². The van der Waals surface area contributed by atoms with Crippen molar-refractivity contribution in [2.75, 3.05) is 0 Å². The highest BCUT2D eigenvalue weighted by Crippen LogP contribution is 2.08. The molecule has 1 aromatic rings. The zero-order valence-corrected chi connectivity index (χ0v) is 7.23. The fraction of sp³-hybridized carbons (Fsp3) is 0.143. The van der Waals surface area contributed by atoms with E-state index in [9.17, 15) is 0 Å². The molecule has 1 rings (SSSR count). The number of aryl methyl sites for hydroxylation is 1. The second-order valence-corrected chi connectivity index (χ2v) is 3.13. The molecule has 0 bridgehead atoms. The van der Waals surface area contributed by atoms with E-state index < -0.39 is 0 Å². The van der Waals surface area contributed by atoms with Crippen LogP contribution in [0.4, 0.5) is 0 Å². The zero-order chi connectivity index (χ0) is 6.85. The van der Waals surface area contributed by atoms with Crippen LogP contribution in [0.5, 0.6) is 0 Å². The minimum Gasteiger partial charge on any atom is -0.0540 e. The third-order valence-corrected chi connectivity index (χ3v) is 2.27. The molecule has 0 spiro atoms. The summed E-state index contributed by atoms with van der Waals surface area (Å²) in [6.07, 6.45) is 0. The van der Waals surface area contributed by atoms with Crippen LogP contribution >= 0.6 is 0 Å². The fourth-order valence-electron chi connectivity index (χ4n) is 0.658. The predicted octanol–water partition coefficient (Wildman–Crippen LogP) is 0.736. The average Bonchev–Trinajstić information content (AvgIpc) is 1.80. The van der Waals surface area contributed by atoms with Crippen LogP contribution in [-0.2, 0) is 25.3 Å². The molecule has 0 heterocycles. The Morgan fingerprint density at radius 1 is 1.11 bits per heavy atom. The van der Waals surface area contributed by atoms with Crippen LogP contribution < -0.4 is 0 Å². The second kappa shape index (κ2) is 2.67. The largest absolute Gasteiger partial charge is 0.205 e. The van der Waals surface area contributed by atoms with E-state index in [0.29, 0.717) is 0 Å². The number of rotatable bonds is 0. The van der Waals surface area contributed by atoms with Gasteiger partial charge in [0.05, 0.1) is 0 Å². The molecule has 0 atom stereocenters.